The number of carbonyl (C=O) groups is 1. The van der Waals surface area contributed by atoms with Gasteiger partial charge < -0.3 is 18.9 Å². The third kappa shape index (κ3) is 4.77. The van der Waals surface area contributed by atoms with Crippen molar-refractivity contribution < 1.29 is 28.1 Å². The highest BCUT2D eigenvalue weighted by molar-refractivity contribution is 7.09. The van der Waals surface area contributed by atoms with Crippen molar-refractivity contribution in [1.29, 1.82) is 0 Å². The minimum atomic E-state index is -0.534. The smallest absolute Gasteiger partial charge is 0.342 e. The molecule has 1 aromatic heterocycles. The molecule has 0 unspecified atom stereocenters. The fourth-order valence-corrected chi connectivity index (χ4v) is 3.11. The predicted molar refractivity (Wildman–Crippen MR) is 102 cm³/mol. The zero-order chi connectivity index (χ0) is 19.9. The van der Waals surface area contributed by atoms with E-state index in [1.807, 2.05) is 0 Å². The summed E-state index contributed by atoms with van der Waals surface area (Å²) in [7, 11) is 2.96. The molecule has 8 heteroatoms. The third-order valence-corrected chi connectivity index (χ3v) is 4.62. The van der Waals surface area contributed by atoms with Gasteiger partial charge in [0.2, 0.25) is 0 Å². The Balaban J connectivity index is 1.57. The van der Waals surface area contributed by atoms with Gasteiger partial charge >= 0.3 is 5.97 Å². The molecular weight excluding hydrogens is 385 g/mol. The van der Waals surface area contributed by atoms with Gasteiger partial charge in [-0.25, -0.2) is 14.2 Å². The summed E-state index contributed by atoms with van der Waals surface area (Å²) < 4.78 is 34.2. The number of halogens is 1. The number of nitrogens with zero attached hydrogens (tertiary/aromatic N) is 1. The van der Waals surface area contributed by atoms with Gasteiger partial charge in [0.15, 0.2) is 11.5 Å². The van der Waals surface area contributed by atoms with Gasteiger partial charge in [-0.15, -0.1) is 11.3 Å². The van der Waals surface area contributed by atoms with E-state index in [1.54, 1.807) is 35.7 Å². The second-order valence-corrected chi connectivity index (χ2v) is 6.54. The number of hydrogen-bond donors (Lipinski definition) is 0. The lowest BCUT2D eigenvalue weighted by atomic mass is 10.2. The van der Waals surface area contributed by atoms with Crippen LogP contribution in [-0.2, 0) is 18.0 Å². The first-order chi connectivity index (χ1) is 13.6. The molecule has 3 rings (SSSR count). The molecular formula is C20H18FNO5S. The highest BCUT2D eigenvalue weighted by Crippen LogP contribution is 2.31. The Labute approximate surface area is 165 Å². The number of carbonyl (C=O) groups excluding carboxylic acids is 1. The molecule has 146 valence electrons. The molecule has 0 saturated heterocycles. The minimum absolute atomic E-state index is 0.0201. The fraction of sp³-hybridized carbons (Fsp3) is 0.200. The van der Waals surface area contributed by atoms with Crippen molar-refractivity contribution in [2.75, 3.05) is 14.2 Å². The van der Waals surface area contributed by atoms with Gasteiger partial charge in [-0.1, -0.05) is 6.07 Å². The number of benzene rings is 2. The van der Waals surface area contributed by atoms with E-state index in [4.69, 9.17) is 18.9 Å². The largest absolute Gasteiger partial charge is 0.493 e. The van der Waals surface area contributed by atoms with E-state index >= 15 is 0 Å². The monoisotopic (exact) mass is 403 g/mol. The van der Waals surface area contributed by atoms with Crippen LogP contribution in [0.5, 0.6) is 17.2 Å². The first-order valence-corrected chi connectivity index (χ1v) is 9.18. The van der Waals surface area contributed by atoms with Gasteiger partial charge in [0.05, 0.1) is 19.9 Å². The van der Waals surface area contributed by atoms with Crippen LogP contribution in [0.2, 0.25) is 0 Å². The molecule has 28 heavy (non-hydrogen) atoms. The summed E-state index contributed by atoms with van der Waals surface area (Å²) in [5.74, 6) is 0.466. The van der Waals surface area contributed by atoms with Gasteiger partial charge in [-0.2, -0.15) is 0 Å². The van der Waals surface area contributed by atoms with Crippen molar-refractivity contribution in [2.24, 2.45) is 0 Å². The Bertz CT molecular complexity index is 942. The molecule has 0 aliphatic carbocycles. The summed E-state index contributed by atoms with van der Waals surface area (Å²) in [6.07, 6.45) is 0. The lowest BCUT2D eigenvalue weighted by Gasteiger charge is -2.11. The highest BCUT2D eigenvalue weighted by Gasteiger charge is 2.18. The Kier molecular flexibility index (Phi) is 6.44. The van der Waals surface area contributed by atoms with Gasteiger partial charge in [-0.3, -0.25) is 0 Å². The molecule has 0 aliphatic heterocycles. The molecule has 6 nitrogen and oxygen atoms in total. The molecule has 0 N–H and O–H groups in total. The first kappa shape index (κ1) is 19.6. The molecule has 0 atom stereocenters. The molecule has 0 fully saturated rings. The minimum Gasteiger partial charge on any atom is -0.493 e. The topological polar surface area (TPSA) is 66.9 Å². The van der Waals surface area contributed by atoms with Crippen LogP contribution in [-0.4, -0.2) is 25.2 Å². The van der Waals surface area contributed by atoms with Crippen molar-refractivity contribution in [3.05, 3.63) is 69.9 Å². The number of esters is 1. The lowest BCUT2D eigenvalue weighted by Crippen LogP contribution is -2.08. The predicted octanol–water partition coefficient (Wildman–Crippen LogP) is 4.24. The van der Waals surface area contributed by atoms with E-state index < -0.39 is 5.97 Å². The van der Waals surface area contributed by atoms with E-state index in [-0.39, 0.29) is 24.6 Å². The van der Waals surface area contributed by atoms with E-state index in [1.165, 1.54) is 37.7 Å². The number of thiazole rings is 1. The van der Waals surface area contributed by atoms with Gasteiger partial charge in [0.25, 0.3) is 0 Å². The Morgan fingerprint density at radius 1 is 1.07 bits per heavy atom. The molecule has 2 aromatic carbocycles. The van der Waals surface area contributed by atoms with Crippen molar-refractivity contribution >= 4 is 17.3 Å². The van der Waals surface area contributed by atoms with Gasteiger partial charge in [0.1, 0.15) is 35.4 Å². The van der Waals surface area contributed by atoms with E-state index in [0.717, 1.165) is 0 Å². The second kappa shape index (κ2) is 9.18. The third-order valence-electron chi connectivity index (χ3n) is 3.75. The van der Waals surface area contributed by atoms with Gasteiger partial charge in [-0.05, 0) is 36.4 Å². The van der Waals surface area contributed by atoms with Crippen LogP contribution in [0.3, 0.4) is 0 Å². The van der Waals surface area contributed by atoms with Gasteiger partial charge in [0, 0.05) is 5.38 Å². The van der Waals surface area contributed by atoms with Crippen LogP contribution < -0.4 is 14.2 Å². The zero-order valence-corrected chi connectivity index (χ0v) is 16.1. The molecule has 1 heterocycles. The standard InChI is InChI=1S/C20H18FNO5S/c1-24-17-5-3-4-16(19(17)25-2)20(23)27-10-14-12-28-18(22-14)11-26-15-8-6-13(21)7-9-15/h3-9,12H,10-11H2,1-2H3. The van der Waals surface area contributed by atoms with Crippen LogP contribution >= 0.6 is 11.3 Å². The summed E-state index contributed by atoms with van der Waals surface area (Å²) >= 11 is 1.39. The normalized spacial score (nSPS) is 10.4. The van der Waals surface area contributed by atoms with Crippen molar-refractivity contribution in [2.45, 2.75) is 13.2 Å². The van der Waals surface area contributed by atoms with Crippen LogP contribution in [0.15, 0.2) is 47.8 Å². The zero-order valence-electron chi connectivity index (χ0n) is 15.3. The Morgan fingerprint density at radius 3 is 2.57 bits per heavy atom. The summed E-state index contributed by atoms with van der Waals surface area (Å²) in [6.45, 7) is 0.264. The highest BCUT2D eigenvalue weighted by atomic mass is 32.1. The fourth-order valence-electron chi connectivity index (χ4n) is 2.42. The molecule has 0 saturated carbocycles. The quantitative estimate of drug-likeness (QED) is 0.524. The Hall–Kier alpha value is -3.13. The molecule has 0 amide bonds. The number of methoxy groups -OCH3 is 2. The first-order valence-electron chi connectivity index (χ1n) is 8.30. The average molecular weight is 403 g/mol. The maximum Gasteiger partial charge on any atom is 0.342 e. The molecule has 3 aromatic rings. The van der Waals surface area contributed by atoms with Crippen LogP contribution in [0.1, 0.15) is 21.1 Å². The maximum atomic E-state index is 12.9. The van der Waals surface area contributed by atoms with E-state index in [9.17, 15) is 9.18 Å². The molecule has 0 spiro atoms. The number of ether oxygens (including phenoxy) is 4. The van der Waals surface area contributed by atoms with Crippen LogP contribution in [0.4, 0.5) is 4.39 Å². The number of para-hydroxylation sites is 1. The summed E-state index contributed by atoms with van der Waals surface area (Å²) in [6, 6.07) is 10.7. The SMILES string of the molecule is COc1cccc(C(=O)OCc2csc(COc3ccc(F)cc3)n2)c1OC. The maximum absolute atomic E-state index is 12.9. The Morgan fingerprint density at radius 2 is 1.86 bits per heavy atom. The number of aromatic nitrogens is 1. The summed E-state index contributed by atoms with van der Waals surface area (Å²) in [5.41, 5.74) is 0.884. The second-order valence-electron chi connectivity index (χ2n) is 5.59. The number of hydrogen-bond acceptors (Lipinski definition) is 7. The summed E-state index contributed by atoms with van der Waals surface area (Å²) in [4.78, 5) is 16.7. The van der Waals surface area contributed by atoms with Crippen LogP contribution in [0.25, 0.3) is 0 Å². The molecule has 0 radical (unpaired) electrons. The molecule has 0 bridgehead atoms. The number of rotatable bonds is 8. The lowest BCUT2D eigenvalue weighted by molar-refractivity contribution is 0.0464. The molecule has 0 aliphatic rings. The summed E-state index contributed by atoms with van der Waals surface area (Å²) in [5, 5.41) is 2.51. The van der Waals surface area contributed by atoms with Crippen molar-refractivity contribution in [3.8, 4) is 17.2 Å². The van der Waals surface area contributed by atoms with E-state index in [2.05, 4.69) is 4.98 Å². The average Bonchev–Trinajstić information content (AvgIpc) is 3.18. The van der Waals surface area contributed by atoms with E-state index in [0.29, 0.717) is 28.0 Å². The van der Waals surface area contributed by atoms with Crippen molar-refractivity contribution in [3.63, 3.8) is 0 Å². The van der Waals surface area contributed by atoms with Crippen LogP contribution in [0, 0.1) is 5.82 Å². The van der Waals surface area contributed by atoms with Crippen molar-refractivity contribution in [1.82, 2.24) is 4.98 Å².